The second kappa shape index (κ2) is 6.09. The third kappa shape index (κ3) is 2.85. The summed E-state index contributed by atoms with van der Waals surface area (Å²) in [6.07, 6.45) is 0. The van der Waals surface area contributed by atoms with Crippen LogP contribution in [0.4, 0.5) is 0 Å². The molecule has 1 atom stereocenters. The molecule has 0 bridgehead atoms. The van der Waals surface area contributed by atoms with E-state index < -0.39 is 0 Å². The van der Waals surface area contributed by atoms with Gasteiger partial charge in [-0.3, -0.25) is 4.79 Å². The maximum Gasteiger partial charge on any atom is 0.264 e. The van der Waals surface area contributed by atoms with Crippen molar-refractivity contribution in [3.8, 4) is 5.75 Å². The highest BCUT2D eigenvalue weighted by atomic mass is 32.1. The molecule has 0 aliphatic carbocycles. The molecule has 0 aliphatic rings. The topological polar surface area (TPSA) is 29.5 Å². The number of ether oxygens (including phenoxy) is 1. The summed E-state index contributed by atoms with van der Waals surface area (Å²) in [5, 5.41) is 1.95. The van der Waals surface area contributed by atoms with E-state index in [0.29, 0.717) is 0 Å². The van der Waals surface area contributed by atoms with Gasteiger partial charge in [0.25, 0.3) is 5.91 Å². The number of hydrogen-bond donors (Lipinski definition) is 0. The second-order valence-electron chi connectivity index (χ2n) is 4.80. The van der Waals surface area contributed by atoms with Crippen LogP contribution in [-0.4, -0.2) is 25.0 Å². The summed E-state index contributed by atoms with van der Waals surface area (Å²) < 4.78 is 5.15. The minimum atomic E-state index is 0.0231. The van der Waals surface area contributed by atoms with Gasteiger partial charge in [-0.05, 0) is 48.6 Å². The Hall–Kier alpha value is -1.81. The highest BCUT2D eigenvalue weighted by Gasteiger charge is 2.21. The van der Waals surface area contributed by atoms with Crippen molar-refractivity contribution in [2.75, 3.05) is 14.2 Å². The maximum atomic E-state index is 12.5. The van der Waals surface area contributed by atoms with Crippen LogP contribution in [0.25, 0.3) is 0 Å². The van der Waals surface area contributed by atoms with Gasteiger partial charge in [0.2, 0.25) is 0 Å². The Kier molecular flexibility index (Phi) is 4.45. The van der Waals surface area contributed by atoms with Crippen LogP contribution in [-0.2, 0) is 0 Å². The Morgan fingerprint density at radius 2 is 1.90 bits per heavy atom. The van der Waals surface area contributed by atoms with Gasteiger partial charge in [-0.25, -0.2) is 0 Å². The molecule has 0 fully saturated rings. The molecule has 2 rings (SSSR count). The van der Waals surface area contributed by atoms with E-state index in [2.05, 4.69) is 0 Å². The number of thiophene rings is 1. The Morgan fingerprint density at radius 3 is 2.40 bits per heavy atom. The third-order valence-electron chi connectivity index (χ3n) is 3.56. The molecule has 0 saturated heterocycles. The lowest BCUT2D eigenvalue weighted by Crippen LogP contribution is -2.29. The number of rotatable bonds is 4. The lowest BCUT2D eigenvalue weighted by atomic mass is 10.1. The van der Waals surface area contributed by atoms with Gasteiger partial charge in [0.05, 0.1) is 18.0 Å². The molecular formula is C16H19NO2S. The van der Waals surface area contributed by atoms with E-state index in [1.165, 1.54) is 11.3 Å². The van der Waals surface area contributed by atoms with E-state index in [9.17, 15) is 4.79 Å². The van der Waals surface area contributed by atoms with Crippen molar-refractivity contribution in [1.82, 2.24) is 4.90 Å². The fraction of sp³-hybridized carbons (Fsp3) is 0.312. The van der Waals surface area contributed by atoms with Crippen LogP contribution < -0.4 is 4.74 Å². The summed E-state index contributed by atoms with van der Waals surface area (Å²) in [7, 11) is 3.49. The predicted molar refractivity (Wildman–Crippen MR) is 82.6 cm³/mol. The average molecular weight is 289 g/mol. The van der Waals surface area contributed by atoms with Gasteiger partial charge in [0.1, 0.15) is 5.75 Å². The lowest BCUT2D eigenvalue weighted by Gasteiger charge is -2.25. The van der Waals surface area contributed by atoms with Gasteiger partial charge in [0, 0.05) is 7.05 Å². The van der Waals surface area contributed by atoms with Crippen molar-refractivity contribution in [2.45, 2.75) is 19.9 Å². The van der Waals surface area contributed by atoms with E-state index in [1.54, 1.807) is 12.0 Å². The summed E-state index contributed by atoms with van der Waals surface area (Å²) in [5.41, 5.74) is 2.13. The first kappa shape index (κ1) is 14.6. The molecule has 1 aromatic heterocycles. The molecule has 1 amide bonds. The number of benzene rings is 1. The van der Waals surface area contributed by atoms with Crippen LogP contribution in [0.2, 0.25) is 0 Å². The summed E-state index contributed by atoms with van der Waals surface area (Å²) in [5.74, 6) is 0.893. The number of carbonyl (C=O) groups excluding carboxylic acids is 1. The first-order valence-corrected chi connectivity index (χ1v) is 7.37. The number of carbonyl (C=O) groups is 1. The van der Waals surface area contributed by atoms with Crippen LogP contribution >= 0.6 is 11.3 Å². The fourth-order valence-corrected chi connectivity index (χ4v) is 2.94. The predicted octanol–water partition coefficient (Wildman–Crippen LogP) is 3.90. The highest BCUT2D eigenvalue weighted by Crippen LogP contribution is 2.25. The van der Waals surface area contributed by atoms with Gasteiger partial charge in [-0.1, -0.05) is 12.1 Å². The van der Waals surface area contributed by atoms with Crippen LogP contribution in [0.15, 0.2) is 35.7 Å². The molecule has 1 unspecified atom stereocenters. The van der Waals surface area contributed by atoms with Crippen molar-refractivity contribution in [3.05, 3.63) is 51.7 Å². The zero-order valence-corrected chi connectivity index (χ0v) is 13.0. The zero-order chi connectivity index (χ0) is 14.7. The normalized spacial score (nSPS) is 12.0. The molecule has 3 nitrogen and oxygen atoms in total. The minimum absolute atomic E-state index is 0.0231. The SMILES string of the molecule is COc1ccc(C(C)N(C)C(=O)c2sccc2C)cc1. The van der Waals surface area contributed by atoms with Crippen molar-refractivity contribution >= 4 is 17.2 Å². The van der Waals surface area contributed by atoms with Crippen LogP contribution in [0.3, 0.4) is 0 Å². The molecule has 106 valence electrons. The first-order chi connectivity index (χ1) is 9.54. The van der Waals surface area contributed by atoms with Crippen molar-refractivity contribution in [3.63, 3.8) is 0 Å². The summed E-state index contributed by atoms with van der Waals surface area (Å²) in [4.78, 5) is 15.1. The second-order valence-corrected chi connectivity index (χ2v) is 5.71. The number of amides is 1. The van der Waals surface area contributed by atoms with E-state index >= 15 is 0 Å². The highest BCUT2D eigenvalue weighted by molar-refractivity contribution is 7.12. The standard InChI is InChI=1S/C16H19NO2S/c1-11-9-10-20-15(11)16(18)17(3)12(2)13-5-7-14(19-4)8-6-13/h5-10,12H,1-4H3. The molecule has 0 aliphatic heterocycles. The molecule has 20 heavy (non-hydrogen) atoms. The Bertz CT molecular complexity index is 589. The Labute approximate surface area is 123 Å². The summed E-state index contributed by atoms with van der Waals surface area (Å²) in [6, 6.07) is 9.82. The van der Waals surface area contributed by atoms with Crippen molar-refractivity contribution in [2.24, 2.45) is 0 Å². The molecule has 4 heteroatoms. The van der Waals surface area contributed by atoms with Crippen molar-refractivity contribution in [1.29, 1.82) is 0 Å². The van der Waals surface area contributed by atoms with Gasteiger partial charge in [-0.15, -0.1) is 11.3 Å². The lowest BCUT2D eigenvalue weighted by molar-refractivity contribution is 0.0747. The van der Waals surface area contributed by atoms with Crippen molar-refractivity contribution < 1.29 is 9.53 Å². The average Bonchev–Trinajstić information content (AvgIpc) is 2.91. The van der Waals surface area contributed by atoms with Gasteiger partial charge < -0.3 is 9.64 Å². The smallest absolute Gasteiger partial charge is 0.264 e. The van der Waals surface area contributed by atoms with E-state index in [0.717, 1.165) is 21.8 Å². The van der Waals surface area contributed by atoms with Gasteiger partial charge in [-0.2, -0.15) is 0 Å². The number of methoxy groups -OCH3 is 1. The number of nitrogens with zero attached hydrogens (tertiary/aromatic N) is 1. The van der Waals surface area contributed by atoms with E-state index in [4.69, 9.17) is 4.74 Å². The number of hydrogen-bond acceptors (Lipinski definition) is 3. The maximum absolute atomic E-state index is 12.5. The first-order valence-electron chi connectivity index (χ1n) is 6.49. The van der Waals surface area contributed by atoms with Crippen LogP contribution in [0.5, 0.6) is 5.75 Å². The third-order valence-corrected chi connectivity index (χ3v) is 4.56. The van der Waals surface area contributed by atoms with Crippen LogP contribution in [0.1, 0.15) is 33.8 Å². The number of aryl methyl sites for hydroxylation is 1. The summed E-state index contributed by atoms with van der Waals surface area (Å²) in [6.45, 7) is 4.00. The molecule has 0 saturated carbocycles. The molecule has 2 aromatic rings. The zero-order valence-electron chi connectivity index (χ0n) is 12.2. The molecular weight excluding hydrogens is 270 g/mol. The Morgan fingerprint density at radius 1 is 1.25 bits per heavy atom. The van der Waals surface area contributed by atoms with E-state index in [-0.39, 0.29) is 11.9 Å². The molecule has 1 heterocycles. The van der Waals surface area contributed by atoms with E-state index in [1.807, 2.05) is 56.6 Å². The molecule has 1 aromatic carbocycles. The molecule has 0 radical (unpaired) electrons. The molecule has 0 N–H and O–H groups in total. The largest absolute Gasteiger partial charge is 0.497 e. The van der Waals surface area contributed by atoms with Crippen LogP contribution in [0, 0.1) is 6.92 Å². The van der Waals surface area contributed by atoms with Gasteiger partial charge in [0.15, 0.2) is 0 Å². The quantitative estimate of drug-likeness (QED) is 0.854. The van der Waals surface area contributed by atoms with Gasteiger partial charge >= 0.3 is 0 Å². The fourth-order valence-electron chi connectivity index (χ4n) is 2.03. The monoisotopic (exact) mass is 289 g/mol. The Balaban J connectivity index is 2.17. The minimum Gasteiger partial charge on any atom is -0.497 e. The summed E-state index contributed by atoms with van der Waals surface area (Å²) >= 11 is 1.49. The molecule has 0 spiro atoms.